The number of nitrogens with one attached hydrogen (secondary N) is 1. The van der Waals surface area contributed by atoms with E-state index in [1.54, 1.807) is 0 Å². The predicted molar refractivity (Wildman–Crippen MR) is 62.6 cm³/mol. The van der Waals surface area contributed by atoms with Gasteiger partial charge in [-0.2, -0.15) is 11.8 Å². The van der Waals surface area contributed by atoms with Gasteiger partial charge in [0.1, 0.15) is 5.82 Å². The molecule has 1 heterocycles. The summed E-state index contributed by atoms with van der Waals surface area (Å²) in [5, 5.41) is 3.46. The van der Waals surface area contributed by atoms with E-state index >= 15 is 0 Å². The Bertz CT molecular complexity index is 260. The molecular formula is C10H19N3S. The highest BCUT2D eigenvalue weighted by atomic mass is 32.2. The zero-order valence-corrected chi connectivity index (χ0v) is 9.97. The zero-order valence-electron chi connectivity index (χ0n) is 9.16. The average molecular weight is 213 g/mol. The first kappa shape index (κ1) is 11.6. The van der Waals surface area contributed by atoms with E-state index in [4.69, 9.17) is 0 Å². The number of hydrogen-bond donors (Lipinski definition) is 1. The van der Waals surface area contributed by atoms with Crippen molar-refractivity contribution in [2.75, 3.05) is 18.6 Å². The predicted octanol–water partition coefficient (Wildman–Crippen LogP) is 1.82. The highest BCUT2D eigenvalue weighted by Crippen LogP contribution is 2.08. The summed E-state index contributed by atoms with van der Waals surface area (Å²) < 4.78 is 2.06. The van der Waals surface area contributed by atoms with Crippen LogP contribution in [0.1, 0.15) is 25.2 Å². The summed E-state index contributed by atoms with van der Waals surface area (Å²) in [5.74, 6) is 2.33. The SMILES string of the molecule is CSCCCNC(C)c1nccn1C. The third-order valence-corrected chi connectivity index (χ3v) is 2.92. The maximum Gasteiger partial charge on any atom is 0.125 e. The molecule has 1 rings (SSSR count). The molecule has 4 heteroatoms. The van der Waals surface area contributed by atoms with Crippen molar-refractivity contribution >= 4 is 11.8 Å². The van der Waals surface area contributed by atoms with E-state index in [0.29, 0.717) is 6.04 Å². The van der Waals surface area contributed by atoms with Crippen LogP contribution in [0.3, 0.4) is 0 Å². The molecule has 0 saturated carbocycles. The average Bonchev–Trinajstić information content (AvgIpc) is 2.59. The van der Waals surface area contributed by atoms with Crippen LogP contribution in [0.2, 0.25) is 0 Å². The van der Waals surface area contributed by atoms with E-state index in [1.165, 1.54) is 12.2 Å². The molecule has 0 fully saturated rings. The minimum absolute atomic E-state index is 0.344. The fourth-order valence-electron chi connectivity index (χ4n) is 1.42. The largest absolute Gasteiger partial charge is 0.337 e. The van der Waals surface area contributed by atoms with Crippen LogP contribution in [-0.4, -0.2) is 28.1 Å². The zero-order chi connectivity index (χ0) is 10.4. The number of nitrogens with zero attached hydrogens (tertiary/aromatic N) is 2. The number of hydrogen-bond acceptors (Lipinski definition) is 3. The molecule has 14 heavy (non-hydrogen) atoms. The highest BCUT2D eigenvalue weighted by molar-refractivity contribution is 7.98. The Hall–Kier alpha value is -0.480. The molecule has 0 saturated heterocycles. The molecule has 0 spiro atoms. The van der Waals surface area contributed by atoms with Crippen LogP contribution in [0.25, 0.3) is 0 Å². The fourth-order valence-corrected chi connectivity index (χ4v) is 1.85. The van der Waals surface area contributed by atoms with E-state index in [-0.39, 0.29) is 0 Å². The van der Waals surface area contributed by atoms with Crippen LogP contribution in [0, 0.1) is 0 Å². The molecule has 0 aliphatic carbocycles. The van der Waals surface area contributed by atoms with Gasteiger partial charge >= 0.3 is 0 Å². The lowest BCUT2D eigenvalue weighted by atomic mass is 10.3. The molecule has 80 valence electrons. The third-order valence-electron chi connectivity index (χ3n) is 2.22. The molecule has 0 bridgehead atoms. The number of aromatic nitrogens is 2. The molecule has 0 aliphatic heterocycles. The van der Waals surface area contributed by atoms with Gasteiger partial charge in [-0.3, -0.25) is 0 Å². The first-order valence-corrected chi connectivity index (χ1v) is 6.34. The maximum atomic E-state index is 4.31. The van der Waals surface area contributed by atoms with E-state index in [2.05, 4.69) is 28.0 Å². The Labute approximate surface area is 90.3 Å². The Morgan fingerprint density at radius 3 is 3.00 bits per heavy atom. The van der Waals surface area contributed by atoms with Crippen LogP contribution < -0.4 is 5.32 Å². The molecule has 1 atom stereocenters. The van der Waals surface area contributed by atoms with Gasteiger partial charge in [0.15, 0.2) is 0 Å². The van der Waals surface area contributed by atoms with Gasteiger partial charge in [-0.1, -0.05) is 0 Å². The van der Waals surface area contributed by atoms with Crippen molar-refractivity contribution in [3.05, 3.63) is 18.2 Å². The summed E-state index contributed by atoms with van der Waals surface area (Å²) in [6, 6.07) is 0.344. The summed E-state index contributed by atoms with van der Waals surface area (Å²) in [4.78, 5) is 4.31. The second kappa shape index (κ2) is 6.09. The van der Waals surface area contributed by atoms with Gasteiger partial charge in [-0.25, -0.2) is 4.98 Å². The summed E-state index contributed by atoms with van der Waals surface area (Å²) in [6.07, 6.45) is 7.18. The topological polar surface area (TPSA) is 29.9 Å². The van der Waals surface area contributed by atoms with Crippen LogP contribution in [0.5, 0.6) is 0 Å². The molecule has 1 aromatic heterocycles. The molecular weight excluding hydrogens is 194 g/mol. The van der Waals surface area contributed by atoms with Gasteiger partial charge in [0.25, 0.3) is 0 Å². The van der Waals surface area contributed by atoms with E-state index in [0.717, 1.165) is 12.4 Å². The Morgan fingerprint density at radius 2 is 2.43 bits per heavy atom. The van der Waals surface area contributed by atoms with Gasteiger partial charge in [-0.15, -0.1) is 0 Å². The van der Waals surface area contributed by atoms with Crippen molar-refractivity contribution < 1.29 is 0 Å². The summed E-state index contributed by atoms with van der Waals surface area (Å²) in [7, 11) is 2.03. The minimum Gasteiger partial charge on any atom is -0.337 e. The van der Waals surface area contributed by atoms with Crippen molar-refractivity contribution in [3.63, 3.8) is 0 Å². The molecule has 0 radical (unpaired) electrons. The standard InChI is InChI=1S/C10H19N3S/c1-9(11-5-4-8-14-3)10-12-6-7-13(10)2/h6-7,9,11H,4-5,8H2,1-3H3. The Kier molecular flexibility index (Phi) is 5.04. The number of aryl methyl sites for hydroxylation is 1. The Balaban J connectivity index is 2.28. The highest BCUT2D eigenvalue weighted by Gasteiger charge is 2.08. The van der Waals surface area contributed by atoms with Crippen molar-refractivity contribution in [2.45, 2.75) is 19.4 Å². The van der Waals surface area contributed by atoms with Gasteiger partial charge in [0.05, 0.1) is 6.04 Å². The van der Waals surface area contributed by atoms with Crippen LogP contribution in [0.15, 0.2) is 12.4 Å². The maximum absolute atomic E-state index is 4.31. The third kappa shape index (κ3) is 3.35. The van der Waals surface area contributed by atoms with E-state index in [1.807, 2.05) is 31.2 Å². The van der Waals surface area contributed by atoms with Gasteiger partial charge in [-0.05, 0) is 31.9 Å². The van der Waals surface area contributed by atoms with Crippen LogP contribution in [0.4, 0.5) is 0 Å². The second-order valence-corrected chi connectivity index (χ2v) is 4.40. The Morgan fingerprint density at radius 1 is 1.64 bits per heavy atom. The molecule has 1 unspecified atom stereocenters. The fraction of sp³-hybridized carbons (Fsp3) is 0.700. The quantitative estimate of drug-likeness (QED) is 0.731. The van der Waals surface area contributed by atoms with Crippen LogP contribution >= 0.6 is 11.8 Å². The minimum atomic E-state index is 0.344. The van der Waals surface area contributed by atoms with E-state index < -0.39 is 0 Å². The van der Waals surface area contributed by atoms with Crippen LogP contribution in [-0.2, 0) is 7.05 Å². The molecule has 3 nitrogen and oxygen atoms in total. The summed E-state index contributed by atoms with van der Waals surface area (Å²) in [5.41, 5.74) is 0. The summed E-state index contributed by atoms with van der Waals surface area (Å²) in [6.45, 7) is 3.22. The first-order valence-electron chi connectivity index (χ1n) is 4.95. The lowest BCUT2D eigenvalue weighted by molar-refractivity contribution is 0.530. The van der Waals surface area contributed by atoms with Gasteiger partial charge < -0.3 is 9.88 Å². The molecule has 1 N–H and O–H groups in total. The molecule has 0 aliphatic rings. The summed E-state index contributed by atoms with van der Waals surface area (Å²) >= 11 is 1.89. The van der Waals surface area contributed by atoms with Crippen molar-refractivity contribution in [1.82, 2.24) is 14.9 Å². The lowest BCUT2D eigenvalue weighted by Gasteiger charge is -2.13. The first-order chi connectivity index (χ1) is 6.75. The monoisotopic (exact) mass is 213 g/mol. The number of rotatable bonds is 6. The number of thioether (sulfide) groups is 1. The normalized spacial score (nSPS) is 13.1. The molecule has 1 aromatic rings. The van der Waals surface area contributed by atoms with Crippen molar-refractivity contribution in [2.24, 2.45) is 7.05 Å². The molecule has 0 aromatic carbocycles. The van der Waals surface area contributed by atoms with Gasteiger partial charge in [0, 0.05) is 19.4 Å². The lowest BCUT2D eigenvalue weighted by Crippen LogP contribution is -2.22. The number of imidazole rings is 1. The van der Waals surface area contributed by atoms with Crippen molar-refractivity contribution in [3.8, 4) is 0 Å². The van der Waals surface area contributed by atoms with Crippen molar-refractivity contribution in [1.29, 1.82) is 0 Å². The second-order valence-electron chi connectivity index (χ2n) is 3.42. The smallest absolute Gasteiger partial charge is 0.125 e. The molecule has 0 amide bonds. The van der Waals surface area contributed by atoms with E-state index in [9.17, 15) is 0 Å². The van der Waals surface area contributed by atoms with Gasteiger partial charge in [0.2, 0.25) is 0 Å².